The van der Waals surface area contributed by atoms with Crippen molar-refractivity contribution in [2.24, 2.45) is 10.7 Å². The van der Waals surface area contributed by atoms with Gasteiger partial charge in [0.2, 0.25) is 0 Å². The molecule has 0 unspecified atom stereocenters. The minimum atomic E-state index is 0.503. The highest BCUT2D eigenvalue weighted by Gasteiger charge is 2.02. The number of hydrogen-bond acceptors (Lipinski definition) is 4. The Hall–Kier alpha value is -2.56. The van der Waals surface area contributed by atoms with Crippen LogP contribution in [-0.4, -0.2) is 11.3 Å². The van der Waals surface area contributed by atoms with Gasteiger partial charge in [-0.2, -0.15) is 0 Å². The summed E-state index contributed by atoms with van der Waals surface area (Å²) in [6, 6.07) is 8.94. The number of aryl methyl sites for hydroxylation is 1. The summed E-state index contributed by atoms with van der Waals surface area (Å²) in [5.74, 6) is 1.90. The Bertz CT molecular complexity index is 581. The number of rotatable bonds is 3. The molecule has 1 aromatic carbocycles. The van der Waals surface area contributed by atoms with E-state index in [0.29, 0.717) is 17.3 Å². The lowest BCUT2D eigenvalue weighted by Gasteiger charge is -2.09. The standard InChI is InChI=1S/C13H14N4O/c1-9-6-10(15)2-3-12(9)18-11-4-5-16-13(7-11)17-8-14/h2-8H,15H2,1H3,(H2,14,16,17). The first-order chi connectivity index (χ1) is 8.69. The summed E-state index contributed by atoms with van der Waals surface area (Å²) in [4.78, 5) is 7.92. The molecular formula is C13H14N4O. The quantitative estimate of drug-likeness (QED) is 0.491. The van der Waals surface area contributed by atoms with E-state index >= 15 is 0 Å². The van der Waals surface area contributed by atoms with Gasteiger partial charge in [0.15, 0.2) is 5.82 Å². The van der Waals surface area contributed by atoms with Crippen molar-refractivity contribution in [1.82, 2.24) is 4.98 Å². The summed E-state index contributed by atoms with van der Waals surface area (Å²) >= 11 is 0. The molecule has 2 aromatic rings. The maximum Gasteiger partial charge on any atom is 0.157 e. The molecule has 5 heteroatoms. The number of ether oxygens (including phenoxy) is 1. The van der Waals surface area contributed by atoms with Crippen molar-refractivity contribution in [3.05, 3.63) is 42.1 Å². The third-order valence-corrected chi connectivity index (χ3v) is 2.35. The molecule has 92 valence electrons. The fourth-order valence-electron chi connectivity index (χ4n) is 1.52. The fraction of sp³-hybridized carbons (Fsp3) is 0.0769. The van der Waals surface area contributed by atoms with Crippen molar-refractivity contribution in [1.29, 1.82) is 0 Å². The second-order valence-corrected chi connectivity index (χ2v) is 3.75. The molecule has 1 aromatic heterocycles. The van der Waals surface area contributed by atoms with Gasteiger partial charge < -0.3 is 16.2 Å². The van der Waals surface area contributed by atoms with E-state index in [-0.39, 0.29) is 0 Å². The van der Waals surface area contributed by atoms with E-state index in [9.17, 15) is 0 Å². The molecule has 0 fully saturated rings. The van der Waals surface area contributed by atoms with Crippen LogP contribution in [0, 0.1) is 6.92 Å². The molecule has 0 aliphatic heterocycles. The summed E-state index contributed by atoms with van der Waals surface area (Å²) in [5.41, 5.74) is 12.6. The van der Waals surface area contributed by atoms with Gasteiger partial charge in [-0.1, -0.05) is 0 Å². The molecule has 4 N–H and O–H groups in total. The molecular weight excluding hydrogens is 228 g/mol. The third-order valence-electron chi connectivity index (χ3n) is 2.35. The van der Waals surface area contributed by atoms with Crippen LogP contribution in [0.5, 0.6) is 11.5 Å². The number of nitrogens with zero attached hydrogens (tertiary/aromatic N) is 2. The van der Waals surface area contributed by atoms with Gasteiger partial charge in [-0.05, 0) is 36.8 Å². The van der Waals surface area contributed by atoms with Crippen LogP contribution in [0.1, 0.15) is 5.56 Å². The van der Waals surface area contributed by atoms with E-state index in [2.05, 4.69) is 9.98 Å². The van der Waals surface area contributed by atoms with Gasteiger partial charge in [-0.25, -0.2) is 9.98 Å². The van der Waals surface area contributed by atoms with Gasteiger partial charge in [0, 0.05) is 18.0 Å². The zero-order chi connectivity index (χ0) is 13.0. The average molecular weight is 242 g/mol. The maximum atomic E-state index is 5.74. The molecule has 0 atom stereocenters. The second-order valence-electron chi connectivity index (χ2n) is 3.75. The van der Waals surface area contributed by atoms with E-state index in [1.54, 1.807) is 24.4 Å². The lowest BCUT2D eigenvalue weighted by Crippen LogP contribution is -1.91. The lowest BCUT2D eigenvalue weighted by molar-refractivity contribution is 0.478. The third kappa shape index (κ3) is 2.76. The van der Waals surface area contributed by atoms with Crippen molar-refractivity contribution in [3.63, 3.8) is 0 Å². The van der Waals surface area contributed by atoms with Crippen molar-refractivity contribution in [3.8, 4) is 11.5 Å². The zero-order valence-electron chi connectivity index (χ0n) is 10.00. The minimum absolute atomic E-state index is 0.503. The van der Waals surface area contributed by atoms with E-state index in [0.717, 1.165) is 11.3 Å². The van der Waals surface area contributed by atoms with Gasteiger partial charge in [0.25, 0.3) is 0 Å². The highest BCUT2D eigenvalue weighted by molar-refractivity contribution is 5.57. The van der Waals surface area contributed by atoms with Crippen molar-refractivity contribution in [2.75, 3.05) is 5.73 Å². The van der Waals surface area contributed by atoms with Crippen LogP contribution in [0.3, 0.4) is 0 Å². The monoisotopic (exact) mass is 242 g/mol. The van der Waals surface area contributed by atoms with Crippen LogP contribution in [0.2, 0.25) is 0 Å². The number of nitrogens with two attached hydrogens (primary N) is 2. The van der Waals surface area contributed by atoms with Gasteiger partial charge in [0.1, 0.15) is 11.5 Å². The molecule has 1 heterocycles. The van der Waals surface area contributed by atoms with E-state index in [1.165, 1.54) is 6.34 Å². The molecule has 0 radical (unpaired) electrons. The Morgan fingerprint density at radius 3 is 2.83 bits per heavy atom. The average Bonchev–Trinajstić information content (AvgIpc) is 2.34. The molecule has 2 rings (SSSR count). The Labute approximate surface area is 105 Å². The molecule has 0 spiro atoms. The van der Waals surface area contributed by atoms with Crippen molar-refractivity contribution >= 4 is 17.8 Å². The number of hydrogen-bond donors (Lipinski definition) is 2. The molecule has 0 aliphatic rings. The Kier molecular flexibility index (Phi) is 3.43. The topological polar surface area (TPSA) is 86.5 Å². The summed E-state index contributed by atoms with van der Waals surface area (Å²) < 4.78 is 5.74. The van der Waals surface area contributed by atoms with Crippen LogP contribution in [0.15, 0.2) is 41.5 Å². The van der Waals surface area contributed by atoms with Crippen LogP contribution >= 0.6 is 0 Å². The van der Waals surface area contributed by atoms with Gasteiger partial charge in [0.05, 0.1) is 6.34 Å². The molecule has 5 nitrogen and oxygen atoms in total. The number of nitrogen functional groups attached to an aromatic ring is 1. The minimum Gasteiger partial charge on any atom is -0.457 e. The number of pyridine rings is 1. The Balaban J connectivity index is 2.25. The largest absolute Gasteiger partial charge is 0.457 e. The Morgan fingerprint density at radius 2 is 2.11 bits per heavy atom. The van der Waals surface area contributed by atoms with Gasteiger partial charge in [-0.15, -0.1) is 0 Å². The number of aromatic nitrogens is 1. The predicted molar refractivity (Wildman–Crippen MR) is 72.2 cm³/mol. The van der Waals surface area contributed by atoms with Crippen LogP contribution in [0.25, 0.3) is 0 Å². The van der Waals surface area contributed by atoms with Gasteiger partial charge in [-0.3, -0.25) is 0 Å². The van der Waals surface area contributed by atoms with Crippen molar-refractivity contribution in [2.45, 2.75) is 6.92 Å². The fourth-order valence-corrected chi connectivity index (χ4v) is 1.52. The smallest absolute Gasteiger partial charge is 0.157 e. The summed E-state index contributed by atoms with van der Waals surface area (Å²) in [6.07, 6.45) is 2.81. The van der Waals surface area contributed by atoms with E-state index < -0.39 is 0 Å². The lowest BCUT2D eigenvalue weighted by atomic mass is 10.2. The molecule has 0 bridgehead atoms. The summed E-state index contributed by atoms with van der Waals surface area (Å²) in [5, 5.41) is 0. The molecule has 18 heavy (non-hydrogen) atoms. The summed E-state index contributed by atoms with van der Waals surface area (Å²) in [6.45, 7) is 1.94. The first-order valence-electron chi connectivity index (χ1n) is 5.43. The number of aliphatic imine (C=N–C) groups is 1. The normalized spacial score (nSPS) is 10.7. The zero-order valence-corrected chi connectivity index (χ0v) is 10.00. The van der Waals surface area contributed by atoms with Gasteiger partial charge >= 0.3 is 0 Å². The van der Waals surface area contributed by atoms with Crippen molar-refractivity contribution < 1.29 is 4.74 Å². The second kappa shape index (κ2) is 5.18. The molecule has 0 amide bonds. The maximum absolute atomic E-state index is 5.74. The SMILES string of the molecule is Cc1cc(N)ccc1Oc1ccnc(N=CN)c1. The Morgan fingerprint density at radius 1 is 1.28 bits per heavy atom. The molecule has 0 saturated heterocycles. The summed E-state index contributed by atoms with van der Waals surface area (Å²) in [7, 11) is 0. The first kappa shape index (κ1) is 11.9. The molecule has 0 aliphatic carbocycles. The molecule has 0 saturated carbocycles. The van der Waals surface area contributed by atoms with Crippen LogP contribution in [-0.2, 0) is 0 Å². The number of benzene rings is 1. The highest BCUT2D eigenvalue weighted by Crippen LogP contribution is 2.27. The van der Waals surface area contributed by atoms with E-state index in [4.69, 9.17) is 16.2 Å². The number of anilines is 1. The highest BCUT2D eigenvalue weighted by atomic mass is 16.5. The predicted octanol–water partition coefficient (Wildman–Crippen LogP) is 2.38. The van der Waals surface area contributed by atoms with Crippen LogP contribution in [0.4, 0.5) is 11.5 Å². The first-order valence-corrected chi connectivity index (χ1v) is 5.43. The van der Waals surface area contributed by atoms with Crippen LogP contribution < -0.4 is 16.2 Å². The van der Waals surface area contributed by atoms with E-state index in [1.807, 2.05) is 19.1 Å².